The van der Waals surface area contributed by atoms with Crippen molar-refractivity contribution >= 4 is 38.9 Å². The predicted molar refractivity (Wildman–Crippen MR) is 106 cm³/mol. The molecule has 1 aromatic heterocycles. The largest absolute Gasteiger partial charge is 0.416 e. The molecule has 27 heavy (non-hydrogen) atoms. The number of alkyl halides is 3. The van der Waals surface area contributed by atoms with E-state index in [0.717, 1.165) is 55.9 Å². The molecule has 1 N–H and O–H groups in total. The Morgan fingerprint density at radius 2 is 1.96 bits per heavy atom. The summed E-state index contributed by atoms with van der Waals surface area (Å²) in [5.41, 5.74) is -0.746. The molecule has 0 aliphatic rings. The van der Waals surface area contributed by atoms with Gasteiger partial charge in [0.1, 0.15) is 4.88 Å². The first-order chi connectivity index (χ1) is 12.7. The van der Waals surface area contributed by atoms with E-state index in [1.807, 2.05) is 6.92 Å². The quantitative estimate of drug-likeness (QED) is 0.584. The molecular formula is C19H24ClF3N2OS. The standard InChI is InChI=1S/C19H24ClF3N2OS/c1-4-25(5-2)10-6-7-12(3)24-18(26)17-16(20)14-9-8-13(19(21,22)23)11-15(14)27-17/h8-9,11-12H,4-7,10H2,1-3H3,(H,24,26)/t12-/m1/s1. The van der Waals surface area contributed by atoms with Gasteiger partial charge >= 0.3 is 6.18 Å². The van der Waals surface area contributed by atoms with E-state index >= 15 is 0 Å². The van der Waals surface area contributed by atoms with Crippen LogP contribution in [0.5, 0.6) is 0 Å². The molecule has 0 fully saturated rings. The fourth-order valence-corrected chi connectivity index (χ4v) is 4.37. The molecule has 0 bridgehead atoms. The number of halogens is 4. The highest BCUT2D eigenvalue weighted by atomic mass is 35.5. The van der Waals surface area contributed by atoms with Crippen LogP contribution < -0.4 is 5.32 Å². The van der Waals surface area contributed by atoms with E-state index in [1.54, 1.807) is 0 Å². The number of carbonyl (C=O) groups is 1. The average Bonchev–Trinajstić information content (AvgIpc) is 2.94. The SMILES string of the molecule is CCN(CC)CCC[C@@H](C)NC(=O)c1sc2cc(C(F)(F)F)ccc2c1Cl. The Morgan fingerprint density at radius 3 is 2.56 bits per heavy atom. The van der Waals surface area contributed by atoms with Gasteiger partial charge in [0.15, 0.2) is 0 Å². The first kappa shape index (κ1) is 22.0. The van der Waals surface area contributed by atoms with Gasteiger partial charge < -0.3 is 10.2 Å². The smallest absolute Gasteiger partial charge is 0.349 e. The summed E-state index contributed by atoms with van der Waals surface area (Å²) in [6.07, 6.45) is -2.65. The Kier molecular flexibility index (Phi) is 7.54. The molecule has 0 aliphatic carbocycles. The summed E-state index contributed by atoms with van der Waals surface area (Å²) in [5.74, 6) is -0.343. The van der Waals surface area contributed by atoms with E-state index in [4.69, 9.17) is 11.6 Å². The van der Waals surface area contributed by atoms with Gasteiger partial charge in [-0.1, -0.05) is 31.5 Å². The third-order valence-corrected chi connectivity index (χ3v) is 6.20. The minimum Gasteiger partial charge on any atom is -0.349 e. The summed E-state index contributed by atoms with van der Waals surface area (Å²) in [7, 11) is 0. The van der Waals surface area contributed by atoms with Crippen molar-refractivity contribution in [1.82, 2.24) is 10.2 Å². The Morgan fingerprint density at radius 1 is 1.30 bits per heavy atom. The van der Waals surface area contributed by atoms with Crippen molar-refractivity contribution in [3.63, 3.8) is 0 Å². The normalized spacial score (nSPS) is 13.3. The van der Waals surface area contributed by atoms with Crippen LogP contribution in [0.3, 0.4) is 0 Å². The first-order valence-electron chi connectivity index (χ1n) is 8.99. The minimum atomic E-state index is -4.42. The number of nitrogens with zero attached hydrogens (tertiary/aromatic N) is 1. The van der Waals surface area contributed by atoms with E-state index in [9.17, 15) is 18.0 Å². The number of hydrogen-bond donors (Lipinski definition) is 1. The lowest BCUT2D eigenvalue weighted by Crippen LogP contribution is -2.33. The number of nitrogens with one attached hydrogen (secondary N) is 1. The monoisotopic (exact) mass is 420 g/mol. The number of thiophene rings is 1. The molecule has 1 atom stereocenters. The molecule has 0 saturated carbocycles. The highest BCUT2D eigenvalue weighted by Gasteiger charge is 2.31. The second-order valence-corrected chi connectivity index (χ2v) is 7.93. The number of carbonyl (C=O) groups excluding carboxylic acids is 1. The van der Waals surface area contributed by atoms with Gasteiger partial charge in [0.05, 0.1) is 10.6 Å². The van der Waals surface area contributed by atoms with Gasteiger partial charge in [0.25, 0.3) is 5.91 Å². The lowest BCUT2D eigenvalue weighted by molar-refractivity contribution is -0.137. The van der Waals surface area contributed by atoms with Crippen LogP contribution in [0.15, 0.2) is 18.2 Å². The zero-order valence-electron chi connectivity index (χ0n) is 15.6. The molecule has 0 unspecified atom stereocenters. The zero-order chi connectivity index (χ0) is 20.2. The fraction of sp³-hybridized carbons (Fsp3) is 0.526. The van der Waals surface area contributed by atoms with E-state index in [2.05, 4.69) is 24.1 Å². The molecule has 1 amide bonds. The molecule has 0 aliphatic heterocycles. The Bertz CT molecular complexity index is 787. The molecule has 1 heterocycles. The Balaban J connectivity index is 2.05. The zero-order valence-corrected chi connectivity index (χ0v) is 17.2. The minimum absolute atomic E-state index is 0.0416. The molecule has 1 aromatic carbocycles. The number of hydrogen-bond acceptors (Lipinski definition) is 3. The van der Waals surface area contributed by atoms with E-state index in [-0.39, 0.29) is 21.8 Å². The van der Waals surface area contributed by atoms with Gasteiger partial charge in [-0.05, 0) is 51.5 Å². The van der Waals surface area contributed by atoms with Gasteiger partial charge in [-0.2, -0.15) is 13.2 Å². The van der Waals surface area contributed by atoms with Gasteiger partial charge in [0, 0.05) is 16.1 Å². The van der Waals surface area contributed by atoms with Crippen LogP contribution in [0.2, 0.25) is 5.02 Å². The van der Waals surface area contributed by atoms with Gasteiger partial charge in [-0.25, -0.2) is 0 Å². The van der Waals surface area contributed by atoms with Crippen molar-refractivity contribution in [1.29, 1.82) is 0 Å². The third-order valence-electron chi connectivity index (χ3n) is 4.55. The number of amides is 1. The van der Waals surface area contributed by atoms with Crippen LogP contribution in [0.1, 0.15) is 48.8 Å². The molecule has 0 saturated heterocycles. The number of rotatable bonds is 8. The predicted octanol–water partition coefficient (Wildman–Crippen LogP) is 5.81. The summed E-state index contributed by atoms with van der Waals surface area (Å²) in [6, 6.07) is 3.30. The average molecular weight is 421 g/mol. The van der Waals surface area contributed by atoms with Gasteiger partial charge in [0.2, 0.25) is 0 Å². The van der Waals surface area contributed by atoms with E-state index < -0.39 is 11.7 Å². The van der Waals surface area contributed by atoms with Crippen molar-refractivity contribution in [3.05, 3.63) is 33.7 Å². The summed E-state index contributed by atoms with van der Waals surface area (Å²) in [4.78, 5) is 15.1. The Labute approximate surface area is 166 Å². The van der Waals surface area contributed by atoms with Crippen LogP contribution in [0.4, 0.5) is 13.2 Å². The van der Waals surface area contributed by atoms with Crippen LogP contribution in [-0.4, -0.2) is 36.5 Å². The van der Waals surface area contributed by atoms with Crippen molar-refractivity contribution in [2.45, 2.75) is 45.8 Å². The second-order valence-electron chi connectivity index (χ2n) is 6.50. The second kappa shape index (κ2) is 9.26. The lowest BCUT2D eigenvalue weighted by atomic mass is 10.1. The Hall–Kier alpha value is -1.31. The van der Waals surface area contributed by atoms with Crippen molar-refractivity contribution in [3.8, 4) is 0 Å². The van der Waals surface area contributed by atoms with Crippen LogP contribution >= 0.6 is 22.9 Å². The topological polar surface area (TPSA) is 32.3 Å². The fourth-order valence-electron chi connectivity index (χ4n) is 2.91. The third kappa shape index (κ3) is 5.59. The molecular weight excluding hydrogens is 397 g/mol. The summed E-state index contributed by atoms with van der Waals surface area (Å²) in [5, 5.41) is 3.57. The summed E-state index contributed by atoms with van der Waals surface area (Å²) >= 11 is 7.24. The highest BCUT2D eigenvalue weighted by molar-refractivity contribution is 7.21. The molecule has 8 heteroatoms. The molecule has 3 nitrogen and oxygen atoms in total. The number of benzene rings is 1. The molecule has 2 aromatic rings. The van der Waals surface area contributed by atoms with Crippen LogP contribution in [0, 0.1) is 0 Å². The van der Waals surface area contributed by atoms with Crippen molar-refractivity contribution < 1.29 is 18.0 Å². The molecule has 0 radical (unpaired) electrons. The van der Waals surface area contributed by atoms with Crippen LogP contribution in [-0.2, 0) is 6.18 Å². The lowest BCUT2D eigenvalue weighted by Gasteiger charge is -2.19. The van der Waals surface area contributed by atoms with E-state index in [0.29, 0.717) is 10.1 Å². The highest BCUT2D eigenvalue weighted by Crippen LogP contribution is 2.39. The van der Waals surface area contributed by atoms with Crippen LogP contribution in [0.25, 0.3) is 10.1 Å². The van der Waals surface area contributed by atoms with Crippen molar-refractivity contribution in [2.75, 3.05) is 19.6 Å². The molecule has 0 spiro atoms. The first-order valence-corrected chi connectivity index (χ1v) is 10.2. The maximum absolute atomic E-state index is 12.9. The van der Waals surface area contributed by atoms with Crippen molar-refractivity contribution in [2.24, 2.45) is 0 Å². The van der Waals surface area contributed by atoms with Gasteiger partial charge in [-0.15, -0.1) is 11.3 Å². The van der Waals surface area contributed by atoms with Gasteiger partial charge in [-0.3, -0.25) is 4.79 Å². The summed E-state index contributed by atoms with van der Waals surface area (Å²) < 4.78 is 39.0. The van der Waals surface area contributed by atoms with E-state index in [1.165, 1.54) is 6.07 Å². The maximum Gasteiger partial charge on any atom is 0.416 e. The molecule has 150 valence electrons. The maximum atomic E-state index is 12.9. The molecule has 2 rings (SSSR count). The summed E-state index contributed by atoms with van der Waals surface area (Å²) in [6.45, 7) is 9.11. The number of fused-ring (bicyclic) bond motifs is 1.